The van der Waals surface area contributed by atoms with Gasteiger partial charge in [0.05, 0.1) is 23.5 Å². The lowest BCUT2D eigenvalue weighted by molar-refractivity contribution is 0.128. The molecule has 2 heterocycles. The summed E-state index contributed by atoms with van der Waals surface area (Å²) in [7, 11) is 0. The van der Waals surface area contributed by atoms with Crippen LogP contribution < -0.4 is 4.90 Å². The van der Waals surface area contributed by atoms with E-state index in [1.807, 2.05) is 6.20 Å². The lowest BCUT2D eigenvalue weighted by atomic mass is 10.0. The van der Waals surface area contributed by atoms with Crippen LogP contribution in [-0.2, 0) is 5.88 Å². The fraction of sp³-hybridized carbons (Fsp3) is 0.750. The first-order valence-electron chi connectivity index (χ1n) is 7.74. The Morgan fingerprint density at radius 1 is 1.19 bits per heavy atom. The van der Waals surface area contributed by atoms with Crippen LogP contribution in [0.25, 0.3) is 0 Å². The van der Waals surface area contributed by atoms with Crippen molar-refractivity contribution in [3.63, 3.8) is 0 Å². The Labute approximate surface area is 133 Å². The third-order valence-electron chi connectivity index (χ3n) is 4.08. The molecule has 1 saturated heterocycles. The van der Waals surface area contributed by atoms with Crippen molar-refractivity contribution >= 4 is 17.3 Å². The van der Waals surface area contributed by atoms with E-state index in [-0.39, 0.29) is 5.54 Å². The highest BCUT2D eigenvalue weighted by molar-refractivity contribution is 6.17. The highest BCUT2D eigenvalue weighted by Gasteiger charge is 2.27. The van der Waals surface area contributed by atoms with Gasteiger partial charge in [0.15, 0.2) is 0 Å². The van der Waals surface area contributed by atoms with Crippen molar-refractivity contribution in [1.29, 1.82) is 0 Å². The van der Waals surface area contributed by atoms with Gasteiger partial charge in [-0.3, -0.25) is 4.90 Å². The van der Waals surface area contributed by atoms with Crippen molar-refractivity contribution in [1.82, 2.24) is 14.9 Å². The Balaban J connectivity index is 2.13. The lowest BCUT2D eigenvalue weighted by Crippen LogP contribution is -2.53. The predicted molar refractivity (Wildman–Crippen MR) is 89.2 cm³/mol. The molecule has 0 amide bonds. The standard InChI is InChI=1S/C16H27ClN4/c1-12(2)15-18-11-14(13(10-17)19-15)20-6-8-21(9-7-20)16(3,4)5/h11-12H,6-10H2,1-5H3. The summed E-state index contributed by atoms with van der Waals surface area (Å²) in [5.41, 5.74) is 2.29. The second-order valence-corrected chi connectivity index (χ2v) is 7.26. The van der Waals surface area contributed by atoms with Crippen molar-refractivity contribution in [2.45, 2.75) is 52.0 Å². The first-order chi connectivity index (χ1) is 9.82. The molecule has 0 N–H and O–H groups in total. The molecule has 1 aromatic heterocycles. The van der Waals surface area contributed by atoms with Crippen molar-refractivity contribution in [3.05, 3.63) is 17.7 Å². The zero-order valence-corrected chi connectivity index (χ0v) is 14.6. The average Bonchev–Trinajstić information content (AvgIpc) is 2.45. The first kappa shape index (κ1) is 16.5. The smallest absolute Gasteiger partial charge is 0.131 e. The van der Waals surface area contributed by atoms with Crippen molar-refractivity contribution in [2.24, 2.45) is 0 Å². The quantitative estimate of drug-likeness (QED) is 0.802. The number of hydrogen-bond donors (Lipinski definition) is 0. The van der Waals surface area contributed by atoms with E-state index in [1.54, 1.807) is 0 Å². The van der Waals surface area contributed by atoms with Gasteiger partial charge in [-0.05, 0) is 20.8 Å². The minimum absolute atomic E-state index is 0.236. The Morgan fingerprint density at radius 3 is 2.29 bits per heavy atom. The molecule has 1 aromatic rings. The molecule has 0 aromatic carbocycles. The normalized spacial score (nSPS) is 17.6. The van der Waals surface area contributed by atoms with E-state index in [9.17, 15) is 0 Å². The Bertz CT molecular complexity index is 474. The molecule has 1 aliphatic heterocycles. The summed E-state index contributed by atoms with van der Waals surface area (Å²) in [6.45, 7) is 15.2. The highest BCUT2D eigenvalue weighted by atomic mass is 35.5. The number of piperazine rings is 1. The lowest BCUT2D eigenvalue weighted by Gasteiger charge is -2.43. The van der Waals surface area contributed by atoms with Crippen LogP contribution in [0.15, 0.2) is 6.20 Å². The van der Waals surface area contributed by atoms with Gasteiger partial charge in [0.1, 0.15) is 5.82 Å². The molecule has 1 fully saturated rings. The van der Waals surface area contributed by atoms with Gasteiger partial charge in [-0.25, -0.2) is 9.97 Å². The van der Waals surface area contributed by atoms with Gasteiger partial charge in [0.2, 0.25) is 0 Å². The number of halogens is 1. The van der Waals surface area contributed by atoms with Gasteiger partial charge < -0.3 is 4.90 Å². The second kappa shape index (κ2) is 6.49. The number of hydrogen-bond acceptors (Lipinski definition) is 4. The molecule has 0 bridgehead atoms. The molecule has 2 rings (SSSR count). The van der Waals surface area contributed by atoms with E-state index in [4.69, 9.17) is 11.6 Å². The van der Waals surface area contributed by atoms with E-state index in [2.05, 4.69) is 54.4 Å². The molecule has 0 atom stereocenters. The molecule has 1 aliphatic rings. The molecule has 0 spiro atoms. The minimum atomic E-state index is 0.236. The van der Waals surface area contributed by atoms with Gasteiger partial charge in [-0.2, -0.15) is 0 Å². The van der Waals surface area contributed by atoms with Gasteiger partial charge in [-0.1, -0.05) is 13.8 Å². The monoisotopic (exact) mass is 310 g/mol. The third-order valence-corrected chi connectivity index (χ3v) is 4.33. The number of anilines is 1. The Morgan fingerprint density at radius 2 is 1.81 bits per heavy atom. The summed E-state index contributed by atoms with van der Waals surface area (Å²) < 4.78 is 0. The van der Waals surface area contributed by atoms with Crippen LogP contribution in [0.1, 0.15) is 52.1 Å². The van der Waals surface area contributed by atoms with Crippen molar-refractivity contribution in [3.8, 4) is 0 Å². The summed E-state index contributed by atoms with van der Waals surface area (Å²) >= 11 is 6.10. The molecule has 0 radical (unpaired) electrons. The van der Waals surface area contributed by atoms with Crippen LogP contribution in [0.3, 0.4) is 0 Å². The van der Waals surface area contributed by atoms with E-state index < -0.39 is 0 Å². The molecular formula is C16H27ClN4. The number of aromatic nitrogens is 2. The number of alkyl halides is 1. The fourth-order valence-electron chi connectivity index (χ4n) is 2.69. The average molecular weight is 311 g/mol. The van der Waals surface area contributed by atoms with Gasteiger partial charge in [0.25, 0.3) is 0 Å². The minimum Gasteiger partial charge on any atom is -0.366 e. The van der Waals surface area contributed by atoms with Crippen LogP contribution in [0.2, 0.25) is 0 Å². The summed E-state index contributed by atoms with van der Waals surface area (Å²) in [6.07, 6.45) is 1.95. The maximum Gasteiger partial charge on any atom is 0.131 e. The van der Waals surface area contributed by atoms with Crippen LogP contribution in [0, 0.1) is 0 Å². The maximum atomic E-state index is 6.10. The fourth-order valence-corrected chi connectivity index (χ4v) is 2.88. The SMILES string of the molecule is CC(C)c1ncc(N2CCN(C(C)(C)C)CC2)c(CCl)n1. The van der Waals surface area contributed by atoms with Gasteiger partial charge in [0, 0.05) is 37.6 Å². The zero-order valence-electron chi connectivity index (χ0n) is 13.9. The van der Waals surface area contributed by atoms with Crippen LogP contribution in [-0.4, -0.2) is 46.6 Å². The molecule has 5 heteroatoms. The van der Waals surface area contributed by atoms with E-state index in [0.29, 0.717) is 11.8 Å². The largest absolute Gasteiger partial charge is 0.366 e. The molecule has 118 valence electrons. The first-order valence-corrected chi connectivity index (χ1v) is 8.28. The summed E-state index contributed by atoms with van der Waals surface area (Å²) in [6, 6.07) is 0. The van der Waals surface area contributed by atoms with Crippen LogP contribution in [0.5, 0.6) is 0 Å². The van der Waals surface area contributed by atoms with Crippen molar-refractivity contribution in [2.75, 3.05) is 31.1 Å². The van der Waals surface area contributed by atoms with E-state index in [1.165, 1.54) is 0 Å². The highest BCUT2D eigenvalue weighted by Crippen LogP contribution is 2.25. The Hall–Kier alpha value is -0.870. The predicted octanol–water partition coefficient (Wildman–Crippen LogP) is 3.26. The zero-order chi connectivity index (χ0) is 15.6. The molecule has 0 aliphatic carbocycles. The molecule has 0 saturated carbocycles. The maximum absolute atomic E-state index is 6.10. The van der Waals surface area contributed by atoms with E-state index in [0.717, 1.165) is 43.4 Å². The molecule has 4 nitrogen and oxygen atoms in total. The van der Waals surface area contributed by atoms with E-state index >= 15 is 0 Å². The van der Waals surface area contributed by atoms with Crippen LogP contribution >= 0.6 is 11.6 Å². The summed E-state index contributed by atoms with van der Waals surface area (Å²) in [4.78, 5) is 14.0. The van der Waals surface area contributed by atoms with Gasteiger partial charge >= 0.3 is 0 Å². The molecule has 0 unspecified atom stereocenters. The summed E-state index contributed by atoms with van der Waals surface area (Å²) in [5.74, 6) is 1.65. The Kier molecular flexibility index (Phi) is 5.10. The number of nitrogens with zero attached hydrogens (tertiary/aromatic N) is 4. The topological polar surface area (TPSA) is 32.3 Å². The second-order valence-electron chi connectivity index (χ2n) is 6.99. The molecule has 21 heavy (non-hydrogen) atoms. The van der Waals surface area contributed by atoms with Gasteiger partial charge in [-0.15, -0.1) is 11.6 Å². The van der Waals surface area contributed by atoms with Crippen molar-refractivity contribution < 1.29 is 0 Å². The third kappa shape index (κ3) is 3.86. The summed E-state index contributed by atoms with van der Waals surface area (Å²) in [5, 5.41) is 0. The van der Waals surface area contributed by atoms with Crippen LogP contribution in [0.4, 0.5) is 5.69 Å². The number of rotatable bonds is 3. The molecular weight excluding hydrogens is 284 g/mol.